The van der Waals surface area contributed by atoms with E-state index in [0.29, 0.717) is 25.2 Å². The molecule has 3 N–H and O–H groups in total. The molecule has 0 spiro atoms. The molecule has 0 saturated heterocycles. The zero-order valence-electron chi connectivity index (χ0n) is 20.4. The van der Waals surface area contributed by atoms with Gasteiger partial charge in [-0.05, 0) is 60.3 Å². The molecule has 2 aliphatic carbocycles. The van der Waals surface area contributed by atoms with Crippen LogP contribution in [0.1, 0.15) is 69.4 Å². The number of carbonyl (C=O) groups excluding carboxylic acids is 2. The van der Waals surface area contributed by atoms with Crippen LogP contribution in [-0.4, -0.2) is 41.3 Å². The van der Waals surface area contributed by atoms with E-state index in [0.717, 1.165) is 35.1 Å². The van der Waals surface area contributed by atoms with E-state index in [-0.39, 0.29) is 24.9 Å². The van der Waals surface area contributed by atoms with E-state index in [9.17, 15) is 19.5 Å². The van der Waals surface area contributed by atoms with Crippen LogP contribution in [0.4, 0.5) is 4.79 Å². The van der Waals surface area contributed by atoms with Crippen LogP contribution in [0.5, 0.6) is 0 Å². The maximum atomic E-state index is 12.7. The minimum absolute atomic E-state index is 0.00524. The first kappa shape index (κ1) is 24.8. The Kier molecular flexibility index (Phi) is 7.43. The summed E-state index contributed by atoms with van der Waals surface area (Å²) in [5, 5.41) is 15.3. The molecule has 2 aromatic carbocycles. The van der Waals surface area contributed by atoms with Gasteiger partial charge in [0.15, 0.2) is 0 Å². The lowest BCUT2D eigenvalue weighted by Crippen LogP contribution is -2.57. The third kappa shape index (κ3) is 5.34. The highest BCUT2D eigenvalue weighted by Gasteiger charge is 2.42. The second-order valence-electron chi connectivity index (χ2n) is 9.90. The first-order valence-electron chi connectivity index (χ1n) is 12.5. The molecule has 1 atom stereocenters. The molecule has 2 aliphatic rings. The topological polar surface area (TPSA) is 105 Å². The number of carboxylic acids is 1. The summed E-state index contributed by atoms with van der Waals surface area (Å²) in [7, 11) is 0. The van der Waals surface area contributed by atoms with Crippen LogP contribution in [0.3, 0.4) is 0 Å². The molecule has 0 aromatic heterocycles. The number of aliphatic carboxylic acids is 1. The number of hydrogen-bond acceptors (Lipinski definition) is 4. The summed E-state index contributed by atoms with van der Waals surface area (Å²) in [6, 6.07) is 15.8. The van der Waals surface area contributed by atoms with Crippen molar-refractivity contribution in [1.29, 1.82) is 0 Å². The second-order valence-corrected chi connectivity index (χ2v) is 9.90. The van der Waals surface area contributed by atoms with Crippen LogP contribution >= 0.6 is 0 Å². The van der Waals surface area contributed by atoms with Crippen LogP contribution in [0.25, 0.3) is 11.1 Å². The standard InChI is InChI=1S/C28H34N2O5/c1-3-19(16-25(31)30-28(26(32)33)14-12-18(2)13-15-28)29-27(34)35-17-24-22-10-6-4-8-20(22)21-9-5-7-11-23(21)24/h4-11,18-19,24H,3,12-17H2,1-2H3,(H,29,34)(H,30,31)(H,32,33)/t18?,19-,28?/m0/s1. The van der Waals surface area contributed by atoms with E-state index in [2.05, 4.69) is 41.8 Å². The van der Waals surface area contributed by atoms with Crippen LogP contribution < -0.4 is 10.6 Å². The minimum Gasteiger partial charge on any atom is -0.480 e. The molecule has 35 heavy (non-hydrogen) atoms. The van der Waals surface area contributed by atoms with Crippen molar-refractivity contribution in [3.05, 3.63) is 59.7 Å². The Morgan fingerprint density at radius 3 is 2.14 bits per heavy atom. The number of carbonyl (C=O) groups is 3. The smallest absolute Gasteiger partial charge is 0.407 e. The highest BCUT2D eigenvalue weighted by atomic mass is 16.5. The number of hydrogen-bond donors (Lipinski definition) is 3. The summed E-state index contributed by atoms with van der Waals surface area (Å²) < 4.78 is 5.60. The predicted molar refractivity (Wildman–Crippen MR) is 133 cm³/mol. The Bertz CT molecular complexity index is 1040. The van der Waals surface area contributed by atoms with Crippen molar-refractivity contribution in [2.45, 2.75) is 69.9 Å². The number of nitrogens with one attached hydrogen (secondary N) is 2. The molecule has 7 heteroatoms. The lowest BCUT2D eigenvalue weighted by molar-refractivity contribution is -0.149. The largest absolute Gasteiger partial charge is 0.480 e. The summed E-state index contributed by atoms with van der Waals surface area (Å²) >= 11 is 0. The Morgan fingerprint density at radius 1 is 1.03 bits per heavy atom. The number of carboxylic acid groups (broad SMARTS) is 1. The zero-order chi connectivity index (χ0) is 25.0. The molecule has 0 aliphatic heterocycles. The molecule has 1 saturated carbocycles. The number of benzene rings is 2. The molecule has 7 nitrogen and oxygen atoms in total. The molecule has 0 bridgehead atoms. The van der Waals surface area contributed by atoms with E-state index in [1.54, 1.807) is 0 Å². The summed E-state index contributed by atoms with van der Waals surface area (Å²) in [5.74, 6) is -0.943. The normalized spacial score (nSPS) is 21.9. The van der Waals surface area contributed by atoms with Gasteiger partial charge >= 0.3 is 12.1 Å². The van der Waals surface area contributed by atoms with Crippen LogP contribution in [-0.2, 0) is 14.3 Å². The van der Waals surface area contributed by atoms with Crippen molar-refractivity contribution >= 4 is 18.0 Å². The van der Waals surface area contributed by atoms with Crippen LogP contribution in [0, 0.1) is 5.92 Å². The number of alkyl carbamates (subject to hydrolysis) is 1. The monoisotopic (exact) mass is 478 g/mol. The fourth-order valence-corrected chi connectivity index (χ4v) is 5.29. The first-order chi connectivity index (χ1) is 16.8. The van der Waals surface area contributed by atoms with Crippen molar-refractivity contribution in [2.24, 2.45) is 5.92 Å². The van der Waals surface area contributed by atoms with E-state index >= 15 is 0 Å². The minimum atomic E-state index is -1.22. The van der Waals surface area contributed by atoms with Gasteiger partial charge < -0.3 is 20.5 Å². The Labute approximate surface area is 206 Å². The molecule has 0 heterocycles. The summed E-state index contributed by atoms with van der Waals surface area (Å²) in [6.45, 7) is 4.17. The third-order valence-electron chi connectivity index (χ3n) is 7.51. The average molecular weight is 479 g/mol. The lowest BCUT2D eigenvalue weighted by atomic mass is 9.77. The van der Waals surface area contributed by atoms with Crippen molar-refractivity contribution in [1.82, 2.24) is 10.6 Å². The quantitative estimate of drug-likeness (QED) is 0.503. The Morgan fingerprint density at radius 2 is 1.60 bits per heavy atom. The van der Waals surface area contributed by atoms with Gasteiger partial charge in [-0.25, -0.2) is 9.59 Å². The number of amides is 2. The maximum absolute atomic E-state index is 12.7. The molecule has 186 valence electrons. The van der Waals surface area contributed by atoms with E-state index in [4.69, 9.17) is 4.74 Å². The third-order valence-corrected chi connectivity index (χ3v) is 7.51. The van der Waals surface area contributed by atoms with E-state index in [1.807, 2.05) is 31.2 Å². The van der Waals surface area contributed by atoms with Gasteiger partial charge in [0.25, 0.3) is 0 Å². The molecule has 2 amide bonds. The highest BCUT2D eigenvalue weighted by molar-refractivity contribution is 5.87. The Balaban J connectivity index is 1.33. The van der Waals surface area contributed by atoms with Crippen LogP contribution in [0.2, 0.25) is 0 Å². The average Bonchev–Trinajstić information content (AvgIpc) is 3.17. The summed E-state index contributed by atoms with van der Waals surface area (Å²) in [4.78, 5) is 37.3. The van der Waals surface area contributed by atoms with Gasteiger partial charge in [0.2, 0.25) is 5.91 Å². The first-order valence-corrected chi connectivity index (χ1v) is 12.5. The van der Waals surface area contributed by atoms with E-state index < -0.39 is 23.6 Å². The van der Waals surface area contributed by atoms with Gasteiger partial charge in [0.1, 0.15) is 12.1 Å². The summed E-state index contributed by atoms with van der Waals surface area (Å²) in [6.07, 6.45) is 2.33. The molecule has 0 unspecified atom stereocenters. The second kappa shape index (κ2) is 10.5. The fraction of sp³-hybridized carbons (Fsp3) is 0.464. The molecule has 0 radical (unpaired) electrons. The predicted octanol–water partition coefficient (Wildman–Crippen LogP) is 4.84. The molecule has 1 fully saturated rings. The van der Waals surface area contributed by atoms with Gasteiger partial charge in [-0.1, -0.05) is 62.4 Å². The highest BCUT2D eigenvalue weighted by Crippen LogP contribution is 2.44. The van der Waals surface area contributed by atoms with Crippen LogP contribution in [0.15, 0.2) is 48.5 Å². The van der Waals surface area contributed by atoms with Crippen molar-refractivity contribution < 1.29 is 24.2 Å². The van der Waals surface area contributed by atoms with Gasteiger partial charge in [-0.3, -0.25) is 4.79 Å². The van der Waals surface area contributed by atoms with Crippen molar-refractivity contribution in [2.75, 3.05) is 6.61 Å². The molecule has 4 rings (SSSR count). The van der Waals surface area contributed by atoms with Gasteiger partial charge in [0.05, 0.1) is 0 Å². The fourth-order valence-electron chi connectivity index (χ4n) is 5.29. The maximum Gasteiger partial charge on any atom is 0.407 e. The van der Waals surface area contributed by atoms with E-state index in [1.165, 1.54) is 0 Å². The molecular formula is C28H34N2O5. The molecular weight excluding hydrogens is 444 g/mol. The molecule has 2 aromatic rings. The number of rotatable bonds is 8. The van der Waals surface area contributed by atoms with Crippen molar-refractivity contribution in [3.8, 4) is 11.1 Å². The Hall–Kier alpha value is -3.35. The SMILES string of the molecule is CC[C@@H](CC(=O)NC1(C(=O)O)CCC(C)CC1)NC(=O)OCC1c2ccccc2-c2ccccc21. The number of fused-ring (bicyclic) bond motifs is 3. The lowest BCUT2D eigenvalue weighted by Gasteiger charge is -2.36. The van der Waals surface area contributed by atoms with Gasteiger partial charge in [-0.2, -0.15) is 0 Å². The van der Waals surface area contributed by atoms with Gasteiger partial charge in [0, 0.05) is 18.4 Å². The zero-order valence-corrected chi connectivity index (χ0v) is 20.4. The van der Waals surface area contributed by atoms with Gasteiger partial charge in [-0.15, -0.1) is 0 Å². The number of ether oxygens (including phenoxy) is 1. The summed E-state index contributed by atoms with van der Waals surface area (Å²) in [5.41, 5.74) is 3.36. The van der Waals surface area contributed by atoms with Crippen molar-refractivity contribution in [3.63, 3.8) is 0 Å².